The number of carbonyl (C=O) groups is 1. The number of ether oxygens (including phenoxy) is 1. The molecule has 1 aromatic rings. The van der Waals surface area contributed by atoms with Crippen molar-refractivity contribution in [1.82, 2.24) is 5.32 Å². The van der Waals surface area contributed by atoms with Crippen molar-refractivity contribution in [2.75, 3.05) is 6.61 Å². The molecule has 0 aliphatic carbocycles. The van der Waals surface area contributed by atoms with E-state index in [1.54, 1.807) is 0 Å². The molecule has 0 aromatic heterocycles. The van der Waals surface area contributed by atoms with Crippen molar-refractivity contribution < 1.29 is 9.53 Å². The third-order valence-corrected chi connectivity index (χ3v) is 3.02. The van der Waals surface area contributed by atoms with Gasteiger partial charge in [-0.1, -0.05) is 39.3 Å². The van der Waals surface area contributed by atoms with Crippen LogP contribution in [-0.2, 0) is 11.2 Å². The van der Waals surface area contributed by atoms with Crippen LogP contribution in [-0.4, -0.2) is 24.6 Å². The second-order valence-electron chi connectivity index (χ2n) is 5.31. The predicted molar refractivity (Wildman–Crippen MR) is 81.8 cm³/mol. The molecule has 0 spiro atoms. The third kappa shape index (κ3) is 6.06. The van der Waals surface area contributed by atoms with Gasteiger partial charge in [0.25, 0.3) is 0 Å². The summed E-state index contributed by atoms with van der Waals surface area (Å²) < 4.78 is 5.65. The first-order chi connectivity index (χ1) is 9.52. The normalized spacial score (nSPS) is 12.4. The molecule has 1 amide bonds. The van der Waals surface area contributed by atoms with E-state index in [1.165, 1.54) is 5.56 Å². The molecule has 0 saturated carbocycles. The van der Waals surface area contributed by atoms with Gasteiger partial charge in [0.1, 0.15) is 5.75 Å². The van der Waals surface area contributed by atoms with Gasteiger partial charge in [-0.2, -0.15) is 0 Å². The molecular formula is C16H26N2O2. The highest BCUT2D eigenvalue weighted by Crippen LogP contribution is 2.13. The number of primary amides is 1. The Morgan fingerprint density at radius 1 is 1.30 bits per heavy atom. The molecule has 20 heavy (non-hydrogen) atoms. The van der Waals surface area contributed by atoms with Crippen molar-refractivity contribution in [2.24, 2.45) is 5.73 Å². The fourth-order valence-electron chi connectivity index (χ4n) is 2.05. The van der Waals surface area contributed by atoms with E-state index < -0.39 is 0 Å². The van der Waals surface area contributed by atoms with Crippen LogP contribution in [0.4, 0.5) is 0 Å². The molecule has 0 heterocycles. The smallest absolute Gasteiger partial charge is 0.234 e. The molecule has 112 valence electrons. The molecular weight excluding hydrogens is 252 g/mol. The molecule has 0 aliphatic rings. The van der Waals surface area contributed by atoms with Gasteiger partial charge in [0.15, 0.2) is 0 Å². The molecule has 4 nitrogen and oxygen atoms in total. The predicted octanol–water partition coefficient (Wildman–Crippen LogP) is 2.26. The summed E-state index contributed by atoms with van der Waals surface area (Å²) in [6.45, 7) is 6.61. The molecule has 0 saturated heterocycles. The summed E-state index contributed by atoms with van der Waals surface area (Å²) in [6.07, 6.45) is 2.80. The van der Waals surface area contributed by atoms with Gasteiger partial charge in [0.2, 0.25) is 5.91 Å². The zero-order valence-corrected chi connectivity index (χ0v) is 12.7. The Kier molecular flexibility index (Phi) is 7.09. The van der Waals surface area contributed by atoms with E-state index in [0.29, 0.717) is 13.0 Å². The maximum absolute atomic E-state index is 11.3. The first-order valence-corrected chi connectivity index (χ1v) is 7.30. The third-order valence-electron chi connectivity index (χ3n) is 3.02. The summed E-state index contributed by atoms with van der Waals surface area (Å²) in [5.41, 5.74) is 6.68. The summed E-state index contributed by atoms with van der Waals surface area (Å²) >= 11 is 0. The standard InChI is InChI=1S/C16H26N2O2/c1-4-5-13-6-8-14(9-7-13)20-11-10-15(16(17)19)18-12(2)3/h6-9,12,15,18H,4-5,10-11H2,1-3H3,(H2,17,19). The lowest BCUT2D eigenvalue weighted by atomic mass is 10.1. The zero-order chi connectivity index (χ0) is 15.0. The molecule has 0 fully saturated rings. The number of amides is 1. The second-order valence-corrected chi connectivity index (χ2v) is 5.31. The number of aryl methyl sites for hydroxylation is 1. The van der Waals surface area contributed by atoms with Gasteiger partial charge in [-0.15, -0.1) is 0 Å². The van der Waals surface area contributed by atoms with Gasteiger partial charge in [-0.3, -0.25) is 4.79 Å². The minimum atomic E-state index is -0.339. The van der Waals surface area contributed by atoms with Crippen LogP contribution in [0.25, 0.3) is 0 Å². The molecule has 1 aromatic carbocycles. The monoisotopic (exact) mass is 278 g/mol. The Morgan fingerprint density at radius 3 is 2.45 bits per heavy atom. The first kappa shape index (κ1) is 16.5. The van der Waals surface area contributed by atoms with Crippen molar-refractivity contribution in [3.8, 4) is 5.75 Å². The van der Waals surface area contributed by atoms with Gasteiger partial charge in [0.05, 0.1) is 12.6 Å². The van der Waals surface area contributed by atoms with Crippen LogP contribution in [0.15, 0.2) is 24.3 Å². The van der Waals surface area contributed by atoms with E-state index in [2.05, 4.69) is 24.4 Å². The van der Waals surface area contributed by atoms with E-state index in [9.17, 15) is 4.79 Å². The van der Waals surface area contributed by atoms with Crippen molar-refractivity contribution in [3.05, 3.63) is 29.8 Å². The number of nitrogens with one attached hydrogen (secondary N) is 1. The summed E-state index contributed by atoms with van der Waals surface area (Å²) in [7, 11) is 0. The van der Waals surface area contributed by atoms with Crippen LogP contribution in [0.2, 0.25) is 0 Å². The molecule has 0 radical (unpaired) electrons. The van der Waals surface area contributed by atoms with Gasteiger partial charge < -0.3 is 15.8 Å². The number of nitrogens with two attached hydrogens (primary N) is 1. The minimum Gasteiger partial charge on any atom is -0.494 e. The number of carbonyl (C=O) groups excluding carboxylic acids is 1. The highest BCUT2D eigenvalue weighted by molar-refractivity contribution is 5.79. The number of hydrogen-bond donors (Lipinski definition) is 2. The van der Waals surface area contributed by atoms with Gasteiger partial charge in [-0.05, 0) is 24.1 Å². The SMILES string of the molecule is CCCc1ccc(OCCC(NC(C)C)C(N)=O)cc1. The summed E-state index contributed by atoms with van der Waals surface area (Å²) in [5, 5.41) is 3.14. The number of benzene rings is 1. The quantitative estimate of drug-likeness (QED) is 0.728. The minimum absolute atomic E-state index is 0.223. The lowest BCUT2D eigenvalue weighted by Gasteiger charge is -2.18. The summed E-state index contributed by atoms with van der Waals surface area (Å²) in [6, 6.07) is 7.99. The topological polar surface area (TPSA) is 64.3 Å². The Morgan fingerprint density at radius 2 is 1.95 bits per heavy atom. The van der Waals surface area contributed by atoms with E-state index >= 15 is 0 Å². The van der Waals surface area contributed by atoms with Crippen molar-refractivity contribution in [1.29, 1.82) is 0 Å². The molecule has 3 N–H and O–H groups in total. The van der Waals surface area contributed by atoms with Crippen LogP contribution in [0.3, 0.4) is 0 Å². The highest BCUT2D eigenvalue weighted by Gasteiger charge is 2.15. The number of hydrogen-bond acceptors (Lipinski definition) is 3. The Labute approximate surface area is 121 Å². The van der Waals surface area contributed by atoms with E-state index in [1.807, 2.05) is 26.0 Å². The largest absolute Gasteiger partial charge is 0.494 e. The first-order valence-electron chi connectivity index (χ1n) is 7.30. The van der Waals surface area contributed by atoms with Crippen molar-refractivity contribution in [3.63, 3.8) is 0 Å². The van der Waals surface area contributed by atoms with E-state index in [0.717, 1.165) is 18.6 Å². The molecule has 4 heteroatoms. The lowest BCUT2D eigenvalue weighted by Crippen LogP contribution is -2.45. The van der Waals surface area contributed by atoms with Crippen molar-refractivity contribution >= 4 is 5.91 Å². The second kappa shape index (κ2) is 8.59. The van der Waals surface area contributed by atoms with Gasteiger partial charge >= 0.3 is 0 Å². The van der Waals surface area contributed by atoms with Crippen LogP contribution in [0.5, 0.6) is 5.75 Å². The van der Waals surface area contributed by atoms with Crippen LogP contribution in [0.1, 0.15) is 39.2 Å². The Bertz CT molecular complexity index is 401. The average molecular weight is 278 g/mol. The van der Waals surface area contributed by atoms with E-state index in [4.69, 9.17) is 10.5 Å². The van der Waals surface area contributed by atoms with Gasteiger partial charge in [0, 0.05) is 12.5 Å². The van der Waals surface area contributed by atoms with Crippen molar-refractivity contribution in [2.45, 2.75) is 52.1 Å². The molecule has 0 bridgehead atoms. The Hall–Kier alpha value is -1.55. The number of rotatable bonds is 9. The molecule has 0 aliphatic heterocycles. The maximum Gasteiger partial charge on any atom is 0.234 e. The van der Waals surface area contributed by atoms with Crippen LogP contribution >= 0.6 is 0 Å². The molecule has 1 atom stereocenters. The average Bonchev–Trinajstić information content (AvgIpc) is 2.39. The van der Waals surface area contributed by atoms with E-state index in [-0.39, 0.29) is 18.0 Å². The Balaban J connectivity index is 2.40. The zero-order valence-electron chi connectivity index (χ0n) is 12.7. The fraction of sp³-hybridized carbons (Fsp3) is 0.562. The van der Waals surface area contributed by atoms with Crippen LogP contribution in [0, 0.1) is 0 Å². The summed E-state index contributed by atoms with van der Waals surface area (Å²) in [4.78, 5) is 11.3. The summed E-state index contributed by atoms with van der Waals surface area (Å²) in [5.74, 6) is 0.498. The molecule has 1 unspecified atom stereocenters. The maximum atomic E-state index is 11.3. The van der Waals surface area contributed by atoms with Gasteiger partial charge in [-0.25, -0.2) is 0 Å². The fourth-order valence-corrected chi connectivity index (χ4v) is 2.05. The molecule has 1 rings (SSSR count). The lowest BCUT2D eigenvalue weighted by molar-refractivity contribution is -0.120. The van der Waals surface area contributed by atoms with Crippen LogP contribution < -0.4 is 15.8 Å². The highest BCUT2D eigenvalue weighted by atomic mass is 16.5.